The molecule has 9 heteroatoms. The summed E-state index contributed by atoms with van der Waals surface area (Å²) in [5.74, 6) is -1.08. The van der Waals surface area contributed by atoms with Gasteiger partial charge in [-0.3, -0.25) is 14.9 Å². The van der Waals surface area contributed by atoms with Crippen LogP contribution in [0.5, 0.6) is 0 Å². The van der Waals surface area contributed by atoms with Gasteiger partial charge >= 0.3 is 5.97 Å². The van der Waals surface area contributed by atoms with Gasteiger partial charge in [0, 0.05) is 11.6 Å². The molecule has 25 heavy (non-hydrogen) atoms. The van der Waals surface area contributed by atoms with Crippen molar-refractivity contribution in [3.63, 3.8) is 0 Å². The van der Waals surface area contributed by atoms with E-state index < -0.39 is 16.8 Å². The molecule has 0 spiro atoms. The summed E-state index contributed by atoms with van der Waals surface area (Å²) in [6, 6.07) is 10.0. The van der Waals surface area contributed by atoms with Gasteiger partial charge in [0.25, 0.3) is 11.6 Å². The van der Waals surface area contributed by atoms with Crippen LogP contribution in [0.15, 0.2) is 47.6 Å². The lowest BCUT2D eigenvalue weighted by Gasteiger charge is -2.01. The van der Waals surface area contributed by atoms with Gasteiger partial charge in [0.2, 0.25) is 0 Å². The molecule has 0 saturated carbocycles. The van der Waals surface area contributed by atoms with E-state index in [1.807, 2.05) is 0 Å². The molecule has 0 fully saturated rings. The van der Waals surface area contributed by atoms with Gasteiger partial charge in [0.1, 0.15) is 5.02 Å². The Morgan fingerprint density at radius 3 is 2.44 bits per heavy atom. The van der Waals surface area contributed by atoms with E-state index in [0.717, 1.165) is 6.07 Å². The van der Waals surface area contributed by atoms with E-state index in [1.54, 1.807) is 24.3 Å². The zero-order chi connectivity index (χ0) is 18.4. The molecule has 1 amide bonds. The molecular formula is C16H12ClN3O5. The number of nitrogens with zero attached hydrogens (tertiary/aromatic N) is 2. The Morgan fingerprint density at radius 2 is 1.84 bits per heavy atom. The van der Waals surface area contributed by atoms with E-state index >= 15 is 0 Å². The molecule has 0 unspecified atom stereocenters. The number of hydrazone groups is 1. The second kappa shape index (κ2) is 8.02. The molecule has 128 valence electrons. The first-order valence-electron chi connectivity index (χ1n) is 6.88. The molecule has 0 aromatic heterocycles. The van der Waals surface area contributed by atoms with Crippen LogP contribution in [0.2, 0.25) is 5.02 Å². The summed E-state index contributed by atoms with van der Waals surface area (Å²) in [5.41, 5.74) is 2.96. The summed E-state index contributed by atoms with van der Waals surface area (Å²) in [5, 5.41) is 14.5. The molecule has 0 aliphatic carbocycles. The van der Waals surface area contributed by atoms with Crippen molar-refractivity contribution in [2.24, 2.45) is 5.10 Å². The quantitative estimate of drug-likeness (QED) is 0.381. The molecule has 0 radical (unpaired) electrons. The lowest BCUT2D eigenvalue weighted by Crippen LogP contribution is -2.17. The number of methoxy groups -OCH3 is 1. The molecule has 0 aliphatic rings. The Hall–Kier alpha value is -3.26. The van der Waals surface area contributed by atoms with Crippen molar-refractivity contribution in [3.05, 3.63) is 74.3 Å². The molecular weight excluding hydrogens is 350 g/mol. The molecule has 0 saturated heterocycles. The van der Waals surface area contributed by atoms with Crippen LogP contribution in [0.4, 0.5) is 5.69 Å². The molecule has 1 N–H and O–H groups in total. The Morgan fingerprint density at radius 1 is 1.20 bits per heavy atom. The van der Waals surface area contributed by atoms with Crippen LogP contribution in [0.25, 0.3) is 0 Å². The number of carbonyl (C=O) groups excluding carboxylic acids is 2. The fourth-order valence-electron chi connectivity index (χ4n) is 1.85. The van der Waals surface area contributed by atoms with Gasteiger partial charge in [-0.05, 0) is 29.8 Å². The first kappa shape index (κ1) is 18.1. The maximum Gasteiger partial charge on any atom is 0.337 e. The van der Waals surface area contributed by atoms with Crippen LogP contribution in [0, 0.1) is 10.1 Å². The van der Waals surface area contributed by atoms with E-state index in [4.69, 9.17) is 11.6 Å². The van der Waals surface area contributed by atoms with Crippen LogP contribution in [-0.2, 0) is 4.74 Å². The Kier molecular flexibility index (Phi) is 5.80. The normalized spacial score (nSPS) is 10.5. The average Bonchev–Trinajstić information content (AvgIpc) is 2.61. The summed E-state index contributed by atoms with van der Waals surface area (Å²) >= 11 is 5.69. The van der Waals surface area contributed by atoms with Gasteiger partial charge in [-0.2, -0.15) is 5.10 Å². The monoisotopic (exact) mass is 361 g/mol. The minimum atomic E-state index is -0.675. The number of amides is 1. The van der Waals surface area contributed by atoms with Gasteiger partial charge in [-0.1, -0.05) is 23.7 Å². The third kappa shape index (κ3) is 4.61. The van der Waals surface area contributed by atoms with Gasteiger partial charge in [0.05, 0.1) is 23.8 Å². The number of nitrogens with one attached hydrogen (secondary N) is 1. The van der Waals surface area contributed by atoms with Crippen molar-refractivity contribution in [2.45, 2.75) is 0 Å². The number of hydrogen-bond donors (Lipinski definition) is 1. The highest BCUT2D eigenvalue weighted by atomic mass is 35.5. The van der Waals surface area contributed by atoms with E-state index in [1.165, 1.54) is 25.5 Å². The largest absolute Gasteiger partial charge is 0.465 e. The van der Waals surface area contributed by atoms with Crippen molar-refractivity contribution < 1.29 is 19.2 Å². The minimum Gasteiger partial charge on any atom is -0.465 e. The smallest absolute Gasteiger partial charge is 0.337 e. The lowest BCUT2D eigenvalue weighted by molar-refractivity contribution is -0.384. The molecule has 0 bridgehead atoms. The number of esters is 1. The SMILES string of the molecule is COC(=O)c1ccc(/C=N\NC(=O)c2ccc(Cl)c([N+](=O)[O-])c2)cc1. The maximum absolute atomic E-state index is 12.0. The highest BCUT2D eigenvalue weighted by molar-refractivity contribution is 6.32. The number of carbonyl (C=O) groups is 2. The van der Waals surface area contributed by atoms with Crippen molar-refractivity contribution in [2.75, 3.05) is 7.11 Å². The zero-order valence-electron chi connectivity index (χ0n) is 12.9. The Balaban J connectivity index is 2.04. The Labute approximate surface area is 147 Å². The van der Waals surface area contributed by atoms with Crippen LogP contribution >= 0.6 is 11.6 Å². The number of benzene rings is 2. The predicted molar refractivity (Wildman–Crippen MR) is 90.9 cm³/mol. The first-order chi connectivity index (χ1) is 11.9. The second-order valence-electron chi connectivity index (χ2n) is 4.74. The number of hydrogen-bond acceptors (Lipinski definition) is 6. The molecule has 0 heterocycles. The number of ether oxygens (including phenoxy) is 1. The van der Waals surface area contributed by atoms with Crippen molar-refractivity contribution in [1.29, 1.82) is 0 Å². The third-order valence-corrected chi connectivity index (χ3v) is 3.44. The van der Waals surface area contributed by atoms with Crippen molar-refractivity contribution >= 4 is 35.4 Å². The zero-order valence-corrected chi connectivity index (χ0v) is 13.7. The Bertz CT molecular complexity index is 849. The summed E-state index contributed by atoms with van der Waals surface area (Å²) < 4.78 is 4.59. The van der Waals surface area contributed by atoms with E-state index in [9.17, 15) is 19.7 Å². The maximum atomic E-state index is 12.0. The summed E-state index contributed by atoms with van der Waals surface area (Å²) in [7, 11) is 1.29. The number of rotatable bonds is 5. The second-order valence-corrected chi connectivity index (χ2v) is 5.14. The fourth-order valence-corrected chi connectivity index (χ4v) is 2.03. The summed E-state index contributed by atoms with van der Waals surface area (Å²) in [4.78, 5) is 33.4. The lowest BCUT2D eigenvalue weighted by atomic mass is 10.1. The van der Waals surface area contributed by atoms with Crippen LogP contribution < -0.4 is 5.43 Å². The molecule has 0 atom stereocenters. The number of nitro benzene ring substituents is 1. The van der Waals surface area contributed by atoms with Gasteiger partial charge in [0.15, 0.2) is 0 Å². The van der Waals surface area contributed by atoms with Gasteiger partial charge in [-0.15, -0.1) is 0 Å². The molecule has 2 rings (SSSR count). The van der Waals surface area contributed by atoms with E-state index in [2.05, 4.69) is 15.3 Å². The molecule has 2 aromatic rings. The van der Waals surface area contributed by atoms with E-state index in [-0.39, 0.29) is 16.3 Å². The van der Waals surface area contributed by atoms with Crippen molar-refractivity contribution in [3.8, 4) is 0 Å². The molecule has 2 aromatic carbocycles. The van der Waals surface area contributed by atoms with Gasteiger partial charge in [-0.25, -0.2) is 10.2 Å². The number of halogens is 1. The first-order valence-corrected chi connectivity index (χ1v) is 7.26. The average molecular weight is 362 g/mol. The predicted octanol–water partition coefficient (Wildman–Crippen LogP) is 2.80. The molecule has 0 aliphatic heterocycles. The molecule has 8 nitrogen and oxygen atoms in total. The van der Waals surface area contributed by atoms with Crippen molar-refractivity contribution in [1.82, 2.24) is 5.43 Å². The minimum absolute atomic E-state index is 0.0503. The van der Waals surface area contributed by atoms with Gasteiger partial charge < -0.3 is 4.74 Å². The standard InChI is InChI=1S/C16H12ClN3O5/c1-25-16(22)11-4-2-10(3-5-11)9-18-19-15(21)12-6-7-13(17)14(8-12)20(23)24/h2-9H,1H3,(H,19,21)/b18-9-. The van der Waals surface area contributed by atoms with E-state index in [0.29, 0.717) is 11.1 Å². The summed E-state index contributed by atoms with van der Waals surface area (Å²) in [6.45, 7) is 0. The number of nitro groups is 1. The van der Waals surface area contributed by atoms with Crippen LogP contribution in [0.1, 0.15) is 26.3 Å². The fraction of sp³-hybridized carbons (Fsp3) is 0.0625. The topological polar surface area (TPSA) is 111 Å². The summed E-state index contributed by atoms with van der Waals surface area (Å²) in [6.07, 6.45) is 1.36. The van der Waals surface area contributed by atoms with Crippen LogP contribution in [0.3, 0.4) is 0 Å². The highest BCUT2D eigenvalue weighted by Crippen LogP contribution is 2.24. The third-order valence-electron chi connectivity index (χ3n) is 3.12. The highest BCUT2D eigenvalue weighted by Gasteiger charge is 2.15. The van der Waals surface area contributed by atoms with Crippen LogP contribution in [-0.4, -0.2) is 30.1 Å².